The maximum Gasteiger partial charge on any atom is 0.262 e. The molecular formula is C47H50ClN5O5. The molecule has 0 aliphatic carbocycles. The topological polar surface area (TPSA) is 113 Å². The van der Waals surface area contributed by atoms with Crippen molar-refractivity contribution in [3.8, 4) is 5.75 Å². The summed E-state index contributed by atoms with van der Waals surface area (Å²) < 4.78 is 0. The van der Waals surface area contributed by atoms with Crippen LogP contribution in [0.15, 0.2) is 97.1 Å². The van der Waals surface area contributed by atoms with Crippen LogP contribution in [0.3, 0.4) is 0 Å². The number of alkyl halides is 1. The smallest absolute Gasteiger partial charge is 0.262 e. The van der Waals surface area contributed by atoms with Crippen LogP contribution in [-0.4, -0.2) is 95.3 Å². The first kappa shape index (κ1) is 39.4. The predicted octanol–water partition coefficient (Wildman–Crippen LogP) is 7.20. The van der Waals surface area contributed by atoms with E-state index in [-0.39, 0.29) is 36.6 Å². The molecule has 3 atom stereocenters. The zero-order valence-electron chi connectivity index (χ0n) is 33.1. The van der Waals surface area contributed by atoms with Crippen molar-refractivity contribution in [1.29, 1.82) is 0 Å². The summed E-state index contributed by atoms with van der Waals surface area (Å²) in [5.74, 6) is -0.625. The minimum atomic E-state index is -0.974. The van der Waals surface area contributed by atoms with Gasteiger partial charge < -0.3 is 14.9 Å². The molecule has 4 aromatic carbocycles. The second-order valence-corrected chi connectivity index (χ2v) is 16.5. The highest BCUT2D eigenvalue weighted by Crippen LogP contribution is 2.37. The number of benzene rings is 4. The van der Waals surface area contributed by atoms with Crippen molar-refractivity contribution in [2.24, 2.45) is 5.92 Å². The molecule has 0 spiro atoms. The number of phenols is 1. The first-order valence-corrected chi connectivity index (χ1v) is 21.0. The van der Waals surface area contributed by atoms with E-state index in [0.717, 1.165) is 78.4 Å². The number of piperidine rings is 2. The Bertz CT molecular complexity index is 2210. The molecule has 0 radical (unpaired) electrons. The summed E-state index contributed by atoms with van der Waals surface area (Å²) in [4.78, 5) is 59.4. The van der Waals surface area contributed by atoms with Gasteiger partial charge in [0.2, 0.25) is 11.8 Å². The van der Waals surface area contributed by atoms with Crippen LogP contribution in [0.1, 0.15) is 83.4 Å². The van der Waals surface area contributed by atoms with Crippen LogP contribution >= 0.6 is 11.6 Å². The number of hydrogen-bond acceptors (Lipinski definition) is 8. The molecule has 300 valence electrons. The number of carbonyl (C=O) groups excluding carboxylic acids is 4. The second-order valence-electron chi connectivity index (χ2n) is 16.2. The molecule has 4 amide bonds. The van der Waals surface area contributed by atoms with Gasteiger partial charge in [-0.3, -0.25) is 34.3 Å². The number of rotatable bonds is 10. The van der Waals surface area contributed by atoms with Crippen molar-refractivity contribution < 1.29 is 24.3 Å². The Labute approximate surface area is 345 Å². The van der Waals surface area contributed by atoms with Gasteiger partial charge in [0.1, 0.15) is 11.8 Å². The number of nitrogens with one attached hydrogen (secondary N) is 1. The lowest BCUT2D eigenvalue weighted by Crippen LogP contribution is -2.58. The Morgan fingerprint density at radius 2 is 1.34 bits per heavy atom. The Hall–Kier alpha value is -5.45. The number of anilines is 2. The summed E-state index contributed by atoms with van der Waals surface area (Å²) in [6.07, 6.45) is 3.17. The molecule has 0 bridgehead atoms. The van der Waals surface area contributed by atoms with E-state index in [2.05, 4.69) is 82.4 Å². The molecule has 10 nitrogen and oxygen atoms in total. The number of piperazine rings is 1. The number of imide groups is 2. The van der Waals surface area contributed by atoms with Gasteiger partial charge in [-0.25, -0.2) is 0 Å². The zero-order valence-corrected chi connectivity index (χ0v) is 33.8. The summed E-state index contributed by atoms with van der Waals surface area (Å²) in [7, 11) is 0. The molecule has 58 heavy (non-hydrogen) atoms. The highest BCUT2D eigenvalue weighted by atomic mass is 35.5. The van der Waals surface area contributed by atoms with Crippen molar-refractivity contribution >= 4 is 57.8 Å². The number of allylic oxidation sites excluding steroid dienone is 1. The minimum absolute atomic E-state index is 0.0945. The van der Waals surface area contributed by atoms with Crippen LogP contribution in [0.5, 0.6) is 5.75 Å². The number of carbonyl (C=O) groups is 4. The van der Waals surface area contributed by atoms with E-state index in [1.807, 2.05) is 24.3 Å². The standard InChI is InChI=1S/C47H50ClN5O5/c1-30-27-51(37-14-17-40-41(26-37)47(58)53(46(40)57)42-18-19-43(55)49-45(42)56)28-31(2)52(30)29-32-21-24-50(25-22-32)36-12-8-34(9-13-36)44(35-10-15-38(54)16-11-35)39(20-23-48)33-6-4-3-5-7-33/h3-17,26,30-32,42,54H,18-25,27-29H2,1-2H3,(H,49,55,56). The fourth-order valence-corrected chi connectivity index (χ4v) is 9.57. The number of hydrogen-bond donors (Lipinski definition) is 2. The van der Waals surface area contributed by atoms with E-state index in [1.54, 1.807) is 24.3 Å². The van der Waals surface area contributed by atoms with E-state index in [1.165, 1.54) is 11.3 Å². The molecule has 3 fully saturated rings. The quantitative estimate of drug-likeness (QED) is 0.0985. The average molecular weight is 800 g/mol. The molecule has 4 aromatic rings. The molecule has 0 aromatic heterocycles. The molecule has 4 aliphatic rings. The van der Waals surface area contributed by atoms with Crippen molar-refractivity contribution in [3.05, 3.63) is 125 Å². The van der Waals surface area contributed by atoms with Crippen LogP contribution in [0.2, 0.25) is 0 Å². The third-order valence-corrected chi connectivity index (χ3v) is 12.6. The van der Waals surface area contributed by atoms with Gasteiger partial charge in [-0.15, -0.1) is 11.6 Å². The Balaban J connectivity index is 0.897. The average Bonchev–Trinajstić information content (AvgIpc) is 3.48. The summed E-state index contributed by atoms with van der Waals surface area (Å²) in [6, 6.07) is 31.7. The van der Waals surface area contributed by atoms with E-state index in [9.17, 15) is 24.3 Å². The van der Waals surface area contributed by atoms with Gasteiger partial charge in [-0.1, -0.05) is 54.6 Å². The summed E-state index contributed by atoms with van der Waals surface area (Å²) in [5, 5.41) is 12.3. The SMILES string of the molecule is CC1CN(c2ccc3c(c2)C(=O)N(C2CCC(=O)NC2=O)C3=O)CC(C)N1CC1CCN(c2ccc(C(=C(CCCl)c3ccccc3)c3ccc(O)cc3)cc2)CC1. The lowest BCUT2D eigenvalue weighted by atomic mass is 9.88. The molecule has 8 rings (SSSR count). The van der Waals surface area contributed by atoms with Crippen LogP contribution < -0.4 is 15.1 Å². The van der Waals surface area contributed by atoms with Gasteiger partial charge in [0.05, 0.1) is 11.1 Å². The molecule has 3 saturated heterocycles. The first-order chi connectivity index (χ1) is 28.1. The van der Waals surface area contributed by atoms with Crippen molar-refractivity contribution in [1.82, 2.24) is 15.1 Å². The zero-order chi connectivity index (χ0) is 40.5. The lowest BCUT2D eigenvalue weighted by molar-refractivity contribution is -0.136. The molecule has 3 unspecified atom stereocenters. The second kappa shape index (κ2) is 16.8. The van der Waals surface area contributed by atoms with Gasteiger partial charge in [-0.05, 0) is 116 Å². The molecular weight excluding hydrogens is 750 g/mol. The van der Waals surface area contributed by atoms with Crippen molar-refractivity contribution in [2.45, 2.75) is 64.1 Å². The third kappa shape index (κ3) is 7.87. The predicted molar refractivity (Wildman–Crippen MR) is 228 cm³/mol. The maximum absolute atomic E-state index is 13.5. The fraction of sp³-hybridized carbons (Fsp3) is 0.362. The van der Waals surface area contributed by atoms with Crippen LogP contribution in [0, 0.1) is 5.92 Å². The summed E-state index contributed by atoms with van der Waals surface area (Å²) in [6.45, 7) is 9.14. The summed E-state index contributed by atoms with van der Waals surface area (Å²) in [5.41, 5.74) is 8.32. The Kier molecular flexibility index (Phi) is 11.4. The third-order valence-electron chi connectivity index (χ3n) is 12.4. The normalized spacial score (nSPS) is 22.3. The van der Waals surface area contributed by atoms with Gasteiger partial charge in [-0.2, -0.15) is 0 Å². The van der Waals surface area contributed by atoms with Crippen LogP contribution in [0.25, 0.3) is 11.1 Å². The fourth-order valence-electron chi connectivity index (χ4n) is 9.38. The van der Waals surface area contributed by atoms with Gasteiger partial charge in [0.25, 0.3) is 11.8 Å². The number of phenolic OH excluding ortho intramolecular Hbond substituents is 1. The van der Waals surface area contributed by atoms with E-state index in [4.69, 9.17) is 11.6 Å². The monoisotopic (exact) mass is 799 g/mol. The van der Waals surface area contributed by atoms with Crippen LogP contribution in [-0.2, 0) is 9.59 Å². The molecule has 2 N–H and O–H groups in total. The number of aromatic hydroxyl groups is 1. The van der Waals surface area contributed by atoms with Crippen molar-refractivity contribution in [3.63, 3.8) is 0 Å². The minimum Gasteiger partial charge on any atom is -0.508 e. The number of fused-ring (bicyclic) bond motifs is 1. The van der Waals surface area contributed by atoms with E-state index < -0.39 is 23.8 Å². The van der Waals surface area contributed by atoms with Gasteiger partial charge in [0, 0.05) is 68.5 Å². The molecule has 11 heteroatoms. The van der Waals surface area contributed by atoms with E-state index in [0.29, 0.717) is 29.3 Å². The maximum atomic E-state index is 13.5. The summed E-state index contributed by atoms with van der Waals surface area (Å²) >= 11 is 6.37. The number of halogens is 1. The number of nitrogens with zero attached hydrogens (tertiary/aromatic N) is 4. The Morgan fingerprint density at radius 1 is 0.724 bits per heavy atom. The van der Waals surface area contributed by atoms with Crippen molar-refractivity contribution in [2.75, 3.05) is 48.4 Å². The number of amides is 4. The molecule has 4 aliphatic heterocycles. The Morgan fingerprint density at radius 3 is 1.98 bits per heavy atom. The first-order valence-electron chi connectivity index (χ1n) is 20.4. The molecule has 0 saturated carbocycles. The highest BCUT2D eigenvalue weighted by Gasteiger charge is 2.45. The highest BCUT2D eigenvalue weighted by molar-refractivity contribution is 6.23. The lowest BCUT2D eigenvalue weighted by Gasteiger charge is -2.47. The van der Waals surface area contributed by atoms with E-state index >= 15 is 0 Å². The largest absolute Gasteiger partial charge is 0.508 e. The van der Waals surface area contributed by atoms with Gasteiger partial charge >= 0.3 is 0 Å². The van der Waals surface area contributed by atoms with Crippen LogP contribution in [0.4, 0.5) is 11.4 Å². The van der Waals surface area contributed by atoms with Gasteiger partial charge in [0.15, 0.2) is 0 Å². The molecule has 4 heterocycles.